The highest BCUT2D eigenvalue weighted by molar-refractivity contribution is 6.35. The van der Waals surface area contributed by atoms with E-state index < -0.39 is 0 Å². The van der Waals surface area contributed by atoms with Gasteiger partial charge in [-0.1, -0.05) is 76.2 Å². The van der Waals surface area contributed by atoms with Crippen LogP contribution in [-0.4, -0.2) is 36.5 Å². The first kappa shape index (κ1) is 28.6. The van der Waals surface area contributed by atoms with Crippen molar-refractivity contribution < 1.29 is 9.59 Å². The second kappa shape index (κ2) is 14.6. The van der Waals surface area contributed by atoms with Crippen molar-refractivity contribution in [3.63, 3.8) is 0 Å². The van der Waals surface area contributed by atoms with Crippen molar-refractivity contribution >= 4 is 35.1 Å². The fourth-order valence-corrected chi connectivity index (χ4v) is 4.76. The zero-order valence-electron chi connectivity index (χ0n) is 18.9. The Morgan fingerprint density at radius 3 is 2.34 bits per heavy atom. The summed E-state index contributed by atoms with van der Waals surface area (Å²) in [6.07, 6.45) is 9.83. The summed E-state index contributed by atoms with van der Waals surface area (Å²) in [5.41, 5.74) is 0.839. The number of nitrogens with zero attached hydrogens (tertiary/aromatic N) is 1. The number of benzene rings is 1. The Bertz CT molecular complexity index is 721. The van der Waals surface area contributed by atoms with Gasteiger partial charge in [-0.25, -0.2) is 4.79 Å². The number of rotatable bonds is 5. The van der Waals surface area contributed by atoms with Crippen molar-refractivity contribution in [2.45, 2.75) is 64.3 Å². The van der Waals surface area contributed by atoms with E-state index in [0.717, 1.165) is 56.6 Å². The van der Waals surface area contributed by atoms with E-state index in [0.29, 0.717) is 35.6 Å². The second-order valence-corrected chi connectivity index (χ2v) is 9.27. The third-order valence-electron chi connectivity index (χ3n) is 6.08. The van der Waals surface area contributed by atoms with E-state index in [2.05, 4.69) is 10.6 Å². The summed E-state index contributed by atoms with van der Waals surface area (Å²) in [4.78, 5) is 27.0. The molecule has 177 valence electrons. The van der Waals surface area contributed by atoms with Crippen LogP contribution >= 0.6 is 23.2 Å². The SMILES string of the molecule is O=C(NCC1CCCN(C(=O)NCc2ccc(Cl)cc2Cl)C1)[C]1CCCCCCC1.[CH2].[CH2]. The molecule has 2 aliphatic rings. The first-order valence-corrected chi connectivity index (χ1v) is 11.9. The molecule has 1 saturated heterocycles. The number of nitrogens with one attached hydrogen (secondary N) is 2. The predicted molar refractivity (Wildman–Crippen MR) is 132 cm³/mol. The van der Waals surface area contributed by atoms with Crippen LogP contribution in [-0.2, 0) is 11.3 Å². The minimum atomic E-state index is -0.0913. The lowest BCUT2D eigenvalue weighted by Crippen LogP contribution is -2.47. The van der Waals surface area contributed by atoms with Crippen LogP contribution in [0, 0.1) is 26.7 Å². The van der Waals surface area contributed by atoms with Gasteiger partial charge in [0.25, 0.3) is 0 Å². The number of carbonyl (C=O) groups excluding carboxylic acids is 2. The van der Waals surface area contributed by atoms with Crippen LogP contribution in [0.5, 0.6) is 0 Å². The summed E-state index contributed by atoms with van der Waals surface area (Å²) < 4.78 is 0. The van der Waals surface area contributed by atoms with Crippen LogP contribution in [0.25, 0.3) is 0 Å². The average Bonchev–Trinajstić information content (AvgIpc) is 2.71. The normalized spacial score (nSPS) is 19.6. The molecule has 32 heavy (non-hydrogen) atoms. The number of hydrogen-bond acceptors (Lipinski definition) is 2. The van der Waals surface area contributed by atoms with Crippen LogP contribution in [0.4, 0.5) is 4.79 Å². The molecule has 3 rings (SSSR count). The molecule has 7 heteroatoms. The number of likely N-dealkylation sites (tertiary alicyclic amines) is 1. The van der Waals surface area contributed by atoms with Gasteiger partial charge in [-0.2, -0.15) is 0 Å². The fourth-order valence-electron chi connectivity index (χ4n) is 4.29. The molecule has 1 aromatic carbocycles. The van der Waals surface area contributed by atoms with Crippen LogP contribution in [0.2, 0.25) is 10.0 Å². The maximum absolute atomic E-state index is 12.6. The van der Waals surface area contributed by atoms with Crippen molar-refractivity contribution in [3.8, 4) is 0 Å². The van der Waals surface area contributed by atoms with Gasteiger partial charge in [-0.3, -0.25) is 4.79 Å². The topological polar surface area (TPSA) is 61.4 Å². The molecule has 5 nitrogen and oxygen atoms in total. The van der Waals surface area contributed by atoms with E-state index in [1.54, 1.807) is 12.1 Å². The molecule has 1 heterocycles. The third kappa shape index (κ3) is 8.82. The molecular weight excluding hydrogens is 445 g/mol. The molecule has 1 unspecified atom stereocenters. The Labute approximate surface area is 204 Å². The van der Waals surface area contributed by atoms with Crippen molar-refractivity contribution in [2.24, 2.45) is 5.92 Å². The summed E-state index contributed by atoms with van der Waals surface area (Å²) in [7, 11) is 0. The summed E-state index contributed by atoms with van der Waals surface area (Å²) >= 11 is 12.1. The molecule has 1 aliphatic carbocycles. The van der Waals surface area contributed by atoms with Gasteiger partial charge in [0.2, 0.25) is 5.91 Å². The Hall–Kier alpha value is -1.46. The van der Waals surface area contributed by atoms with Crippen molar-refractivity contribution in [2.75, 3.05) is 19.6 Å². The number of halogens is 2. The summed E-state index contributed by atoms with van der Waals surface area (Å²) in [5, 5.41) is 7.21. The predicted octanol–water partition coefficient (Wildman–Crippen LogP) is 6.00. The number of urea groups is 1. The van der Waals surface area contributed by atoms with Gasteiger partial charge >= 0.3 is 6.03 Å². The molecule has 0 aromatic heterocycles. The molecule has 0 bridgehead atoms. The zero-order chi connectivity index (χ0) is 21.3. The van der Waals surface area contributed by atoms with Gasteiger partial charge < -0.3 is 15.5 Å². The maximum atomic E-state index is 12.6. The molecule has 1 atom stereocenters. The highest BCUT2D eigenvalue weighted by Gasteiger charge is 2.26. The second-order valence-electron chi connectivity index (χ2n) is 8.43. The van der Waals surface area contributed by atoms with E-state index in [1.165, 1.54) is 19.3 Å². The molecule has 2 N–H and O–H groups in total. The lowest BCUT2D eigenvalue weighted by molar-refractivity contribution is -0.120. The highest BCUT2D eigenvalue weighted by atomic mass is 35.5. The van der Waals surface area contributed by atoms with Crippen molar-refractivity contribution in [1.29, 1.82) is 0 Å². The van der Waals surface area contributed by atoms with E-state index in [1.807, 2.05) is 11.0 Å². The smallest absolute Gasteiger partial charge is 0.317 e. The van der Waals surface area contributed by atoms with Crippen molar-refractivity contribution in [1.82, 2.24) is 15.5 Å². The Morgan fingerprint density at radius 1 is 0.969 bits per heavy atom. The average molecular weight is 481 g/mol. The van der Waals surface area contributed by atoms with Gasteiger partial charge in [0.15, 0.2) is 0 Å². The third-order valence-corrected chi connectivity index (χ3v) is 6.67. The largest absolute Gasteiger partial charge is 0.355 e. The standard InChI is InChI=1S/C23H32Cl2N3O2.2CH2/c24-20-11-10-19(21(25)13-20)15-27-23(30)28-12-6-7-17(16-28)14-26-22(29)18-8-4-2-1-3-5-9-18;;/h10-11,13,17H,1-9,12,14-16H2,(H,26,29)(H,27,30);2*1H2. The molecule has 2 fully saturated rings. The van der Waals surface area contributed by atoms with Gasteiger partial charge in [0, 0.05) is 36.2 Å². The number of amides is 3. The first-order chi connectivity index (χ1) is 14.5. The van der Waals surface area contributed by atoms with E-state index in [9.17, 15) is 9.59 Å². The number of piperidine rings is 1. The Kier molecular flexibility index (Phi) is 13.1. The van der Waals surface area contributed by atoms with Crippen LogP contribution in [0.3, 0.4) is 0 Å². The highest BCUT2D eigenvalue weighted by Crippen LogP contribution is 2.25. The molecule has 1 aliphatic heterocycles. The summed E-state index contributed by atoms with van der Waals surface area (Å²) in [6.45, 7) is 2.40. The summed E-state index contributed by atoms with van der Waals surface area (Å²) in [6, 6.07) is 5.18. The van der Waals surface area contributed by atoms with Gasteiger partial charge in [0.05, 0.1) is 5.92 Å². The van der Waals surface area contributed by atoms with Crippen molar-refractivity contribution in [3.05, 3.63) is 54.6 Å². The minimum absolute atomic E-state index is 0. The number of hydrogen-bond donors (Lipinski definition) is 2. The molecule has 3 amide bonds. The van der Waals surface area contributed by atoms with E-state index in [4.69, 9.17) is 23.2 Å². The van der Waals surface area contributed by atoms with E-state index >= 15 is 0 Å². The Morgan fingerprint density at radius 2 is 1.66 bits per heavy atom. The first-order valence-electron chi connectivity index (χ1n) is 11.1. The van der Waals surface area contributed by atoms with Gasteiger partial charge in [-0.05, 0) is 49.3 Å². The molecule has 1 aromatic rings. The fraction of sp³-hybridized carbons (Fsp3) is 0.560. The van der Waals surface area contributed by atoms with Gasteiger partial charge in [-0.15, -0.1) is 0 Å². The zero-order valence-corrected chi connectivity index (χ0v) is 20.4. The van der Waals surface area contributed by atoms with Gasteiger partial charge in [0.1, 0.15) is 0 Å². The lowest BCUT2D eigenvalue weighted by atomic mass is 9.90. The molecule has 0 spiro atoms. The summed E-state index contributed by atoms with van der Waals surface area (Å²) in [5.74, 6) is 1.47. The molecule has 1 saturated carbocycles. The monoisotopic (exact) mass is 480 g/mol. The van der Waals surface area contributed by atoms with Crippen LogP contribution in [0.1, 0.15) is 63.4 Å². The maximum Gasteiger partial charge on any atom is 0.317 e. The quantitative estimate of drug-likeness (QED) is 0.542. The lowest BCUT2D eigenvalue weighted by Gasteiger charge is -2.33. The van der Waals surface area contributed by atoms with Crippen LogP contribution in [0.15, 0.2) is 18.2 Å². The number of carbonyl (C=O) groups is 2. The Balaban J connectivity index is 0.00000256. The van der Waals surface area contributed by atoms with Crippen LogP contribution < -0.4 is 10.6 Å². The van der Waals surface area contributed by atoms with E-state index in [-0.39, 0.29) is 26.8 Å². The molecular formula is C25H36Cl2N3O2. The minimum Gasteiger partial charge on any atom is -0.355 e. The molecule has 5 radical (unpaired) electrons.